The van der Waals surface area contributed by atoms with Crippen molar-refractivity contribution in [3.8, 4) is 0 Å². The molecule has 1 aliphatic rings. The molecule has 1 aliphatic heterocycles. The Labute approximate surface area is 221 Å². The van der Waals surface area contributed by atoms with Crippen LogP contribution in [0.1, 0.15) is 23.6 Å². The molecular formula is C30H30O8. The number of ether oxygens (including phenoxy) is 4. The second-order valence-electron chi connectivity index (χ2n) is 9.27. The van der Waals surface area contributed by atoms with Crippen molar-refractivity contribution >= 4 is 17.9 Å². The molecule has 0 unspecified atom stereocenters. The number of hydrogen-bond acceptors (Lipinski definition) is 8. The van der Waals surface area contributed by atoms with Crippen molar-refractivity contribution in [3.05, 3.63) is 108 Å². The third-order valence-corrected chi connectivity index (χ3v) is 6.27. The van der Waals surface area contributed by atoms with Gasteiger partial charge in [0.1, 0.15) is 12.7 Å². The normalized spacial score (nSPS) is 22.4. The highest BCUT2D eigenvalue weighted by Crippen LogP contribution is 2.36. The minimum absolute atomic E-state index is 0.0396. The van der Waals surface area contributed by atoms with E-state index in [-0.39, 0.29) is 25.9 Å². The molecule has 1 heterocycles. The molecule has 0 spiro atoms. The van der Waals surface area contributed by atoms with Gasteiger partial charge >= 0.3 is 17.9 Å². The molecule has 1 saturated heterocycles. The van der Waals surface area contributed by atoms with Gasteiger partial charge in [0.15, 0.2) is 18.0 Å². The lowest BCUT2D eigenvalue weighted by molar-refractivity contribution is -0.205. The number of carbonyl (C=O) groups excluding carboxylic acids is 3. The maximum atomic E-state index is 12.9. The highest BCUT2D eigenvalue weighted by atomic mass is 16.7. The van der Waals surface area contributed by atoms with Crippen LogP contribution in [0.5, 0.6) is 0 Å². The van der Waals surface area contributed by atoms with Gasteiger partial charge in [-0.3, -0.25) is 14.4 Å². The minimum Gasteiger partial charge on any atom is -0.463 e. The second-order valence-corrected chi connectivity index (χ2v) is 9.27. The zero-order valence-corrected chi connectivity index (χ0v) is 21.0. The third-order valence-electron chi connectivity index (χ3n) is 6.27. The fraction of sp³-hybridized carbons (Fsp3) is 0.300. The molecule has 3 aromatic rings. The first-order chi connectivity index (χ1) is 18.3. The summed E-state index contributed by atoms with van der Waals surface area (Å²) in [5, 5.41) is 10.8. The third kappa shape index (κ3) is 7.06. The lowest BCUT2D eigenvalue weighted by Gasteiger charge is -2.32. The zero-order chi connectivity index (χ0) is 27.0. The topological polar surface area (TPSA) is 108 Å². The van der Waals surface area contributed by atoms with Crippen molar-refractivity contribution in [2.45, 2.75) is 50.3 Å². The van der Waals surface area contributed by atoms with E-state index >= 15 is 0 Å². The molecule has 4 rings (SSSR count). The van der Waals surface area contributed by atoms with Crippen molar-refractivity contribution in [1.82, 2.24) is 0 Å². The van der Waals surface area contributed by atoms with Crippen LogP contribution in [0, 0.1) is 0 Å². The van der Waals surface area contributed by atoms with Gasteiger partial charge in [0.05, 0.1) is 19.3 Å². The summed E-state index contributed by atoms with van der Waals surface area (Å²) in [5.74, 6) is -1.75. The van der Waals surface area contributed by atoms with Crippen LogP contribution in [0.15, 0.2) is 91.0 Å². The van der Waals surface area contributed by atoms with Gasteiger partial charge in [0.2, 0.25) is 0 Å². The largest absolute Gasteiger partial charge is 0.463 e. The molecule has 0 saturated carbocycles. The summed E-state index contributed by atoms with van der Waals surface area (Å²) >= 11 is 0. The number of rotatable bonds is 10. The van der Waals surface area contributed by atoms with Crippen LogP contribution in [-0.4, -0.2) is 53.7 Å². The van der Waals surface area contributed by atoms with E-state index in [1.165, 1.54) is 6.92 Å². The van der Waals surface area contributed by atoms with Crippen LogP contribution >= 0.6 is 0 Å². The highest BCUT2D eigenvalue weighted by Gasteiger charge is 2.59. The van der Waals surface area contributed by atoms with E-state index in [9.17, 15) is 19.5 Å². The molecule has 38 heavy (non-hydrogen) atoms. The number of benzene rings is 3. The average molecular weight is 519 g/mol. The molecule has 0 radical (unpaired) electrons. The number of carbonyl (C=O) groups is 3. The van der Waals surface area contributed by atoms with E-state index in [1.54, 1.807) is 60.7 Å². The molecule has 1 fully saturated rings. The van der Waals surface area contributed by atoms with Gasteiger partial charge < -0.3 is 24.1 Å². The summed E-state index contributed by atoms with van der Waals surface area (Å²) in [7, 11) is 0. The molecular weight excluding hydrogens is 488 g/mol. The molecule has 3 aromatic carbocycles. The number of aliphatic hydroxyl groups is 1. The van der Waals surface area contributed by atoms with Crippen LogP contribution in [0.25, 0.3) is 0 Å². The fourth-order valence-electron chi connectivity index (χ4n) is 4.29. The van der Waals surface area contributed by atoms with Gasteiger partial charge in [-0.2, -0.15) is 0 Å². The maximum absolute atomic E-state index is 12.9. The number of esters is 3. The molecule has 0 aromatic heterocycles. The van der Waals surface area contributed by atoms with Crippen LogP contribution < -0.4 is 0 Å². The van der Waals surface area contributed by atoms with Gasteiger partial charge in [-0.05, 0) is 23.6 Å². The zero-order valence-electron chi connectivity index (χ0n) is 21.0. The first-order valence-corrected chi connectivity index (χ1v) is 12.4. The Morgan fingerprint density at radius 3 is 1.68 bits per heavy atom. The van der Waals surface area contributed by atoms with E-state index in [0.29, 0.717) is 0 Å². The Morgan fingerprint density at radius 1 is 0.737 bits per heavy atom. The lowest BCUT2D eigenvalue weighted by Crippen LogP contribution is -2.52. The molecule has 198 valence electrons. The summed E-state index contributed by atoms with van der Waals surface area (Å²) < 4.78 is 22.4. The van der Waals surface area contributed by atoms with E-state index in [2.05, 4.69) is 0 Å². The van der Waals surface area contributed by atoms with Gasteiger partial charge in [-0.25, -0.2) is 0 Å². The van der Waals surface area contributed by atoms with Gasteiger partial charge in [0, 0.05) is 0 Å². The van der Waals surface area contributed by atoms with Crippen molar-refractivity contribution in [2.24, 2.45) is 0 Å². The van der Waals surface area contributed by atoms with Crippen LogP contribution in [0.2, 0.25) is 0 Å². The quantitative estimate of drug-likeness (QED) is 0.322. The van der Waals surface area contributed by atoms with E-state index in [1.807, 2.05) is 30.3 Å². The van der Waals surface area contributed by atoms with Crippen molar-refractivity contribution in [2.75, 3.05) is 6.61 Å². The SMILES string of the molecule is C[C@@]1(OC(=O)Cc2ccccc2)[C@H](OC(=O)Cc2ccccc2)[C@@H](COC(=O)Cc2ccccc2)O[C@@H]1O. The van der Waals surface area contributed by atoms with Gasteiger partial charge in [-0.15, -0.1) is 0 Å². The fourth-order valence-corrected chi connectivity index (χ4v) is 4.29. The summed E-state index contributed by atoms with van der Waals surface area (Å²) in [5.41, 5.74) is 0.494. The predicted molar refractivity (Wildman–Crippen MR) is 137 cm³/mol. The van der Waals surface area contributed by atoms with Crippen LogP contribution in [-0.2, 0) is 52.6 Å². The van der Waals surface area contributed by atoms with Gasteiger partial charge in [0.25, 0.3) is 0 Å². The maximum Gasteiger partial charge on any atom is 0.311 e. The average Bonchev–Trinajstić information content (AvgIpc) is 3.13. The molecule has 0 amide bonds. The van der Waals surface area contributed by atoms with E-state index in [4.69, 9.17) is 18.9 Å². The van der Waals surface area contributed by atoms with Crippen LogP contribution in [0.4, 0.5) is 0 Å². The Balaban J connectivity index is 1.47. The molecule has 4 atom stereocenters. The molecule has 0 bridgehead atoms. The smallest absolute Gasteiger partial charge is 0.311 e. The first kappa shape index (κ1) is 27.0. The molecule has 8 heteroatoms. The van der Waals surface area contributed by atoms with Crippen molar-refractivity contribution < 1.29 is 38.4 Å². The second kappa shape index (κ2) is 12.5. The molecule has 1 N–H and O–H groups in total. The number of aliphatic hydroxyl groups excluding tert-OH is 1. The predicted octanol–water partition coefficient (Wildman–Crippen LogP) is 3.19. The monoisotopic (exact) mass is 518 g/mol. The molecule has 8 nitrogen and oxygen atoms in total. The highest BCUT2D eigenvalue weighted by molar-refractivity contribution is 5.74. The summed E-state index contributed by atoms with van der Waals surface area (Å²) in [6, 6.07) is 27.0. The van der Waals surface area contributed by atoms with E-state index in [0.717, 1.165) is 16.7 Å². The summed E-state index contributed by atoms with van der Waals surface area (Å²) in [6.45, 7) is 1.13. The number of hydrogen-bond donors (Lipinski definition) is 1. The Kier molecular flexibility index (Phi) is 8.89. The first-order valence-electron chi connectivity index (χ1n) is 12.4. The standard InChI is InChI=1S/C30H30O8/c1-30(38-27(33)19-23-15-9-4-10-16-23)28(37-26(32)18-22-13-7-3-8-14-22)24(36-29(30)34)20-35-25(31)17-21-11-5-2-6-12-21/h2-16,24,28-29,34H,17-20H2,1H3/t24-,28-,29+,30-/m1/s1. The van der Waals surface area contributed by atoms with E-state index < -0.39 is 42.0 Å². The Morgan fingerprint density at radius 2 is 1.18 bits per heavy atom. The lowest BCUT2D eigenvalue weighted by atomic mass is 9.96. The summed E-state index contributed by atoms with van der Waals surface area (Å²) in [6.07, 6.45) is -3.95. The van der Waals surface area contributed by atoms with Crippen molar-refractivity contribution in [1.29, 1.82) is 0 Å². The Bertz CT molecular complexity index is 1210. The van der Waals surface area contributed by atoms with Gasteiger partial charge in [-0.1, -0.05) is 91.0 Å². The molecule has 0 aliphatic carbocycles. The Hall–Kier alpha value is -4.01. The summed E-state index contributed by atoms with van der Waals surface area (Å²) in [4.78, 5) is 38.1. The van der Waals surface area contributed by atoms with Crippen molar-refractivity contribution in [3.63, 3.8) is 0 Å². The minimum atomic E-state index is -1.73. The van der Waals surface area contributed by atoms with Crippen LogP contribution in [0.3, 0.4) is 0 Å².